The summed E-state index contributed by atoms with van der Waals surface area (Å²) in [6.45, 7) is 9.37. The van der Waals surface area contributed by atoms with E-state index in [0.717, 1.165) is 17.9 Å². The first kappa shape index (κ1) is 20.9. The number of carbonyl (C=O) groups is 2. The van der Waals surface area contributed by atoms with Crippen LogP contribution in [0.25, 0.3) is 0 Å². The Kier molecular flexibility index (Phi) is 6.26. The third kappa shape index (κ3) is 4.78. The Hall–Kier alpha value is -2.82. The molecule has 1 aliphatic heterocycles. The number of rotatable bonds is 7. The number of hydrogen-bond acceptors (Lipinski definition) is 4. The van der Waals surface area contributed by atoms with Gasteiger partial charge in [-0.25, -0.2) is 0 Å². The second-order valence-corrected chi connectivity index (χ2v) is 8.02. The molecule has 1 heterocycles. The van der Waals surface area contributed by atoms with Gasteiger partial charge in [0.2, 0.25) is 5.91 Å². The number of benzene rings is 2. The van der Waals surface area contributed by atoms with E-state index in [2.05, 4.69) is 20.8 Å². The molecule has 154 valence electrons. The van der Waals surface area contributed by atoms with Crippen LogP contribution in [0.15, 0.2) is 48.5 Å². The molecule has 5 nitrogen and oxygen atoms in total. The number of hydrogen-bond donors (Lipinski definition) is 0. The summed E-state index contributed by atoms with van der Waals surface area (Å²) in [7, 11) is 0. The van der Waals surface area contributed by atoms with Gasteiger partial charge in [0.15, 0.2) is 0 Å². The SMILES string of the molecule is CCOc1ccc(N2C[C@@H](C(=O)Oc3ccc(C(C)(C)CC)cc3)CC2=O)cc1. The van der Waals surface area contributed by atoms with E-state index in [9.17, 15) is 9.59 Å². The van der Waals surface area contributed by atoms with Crippen LogP contribution < -0.4 is 14.4 Å². The maximum atomic E-state index is 12.6. The lowest BCUT2D eigenvalue weighted by Gasteiger charge is -2.23. The van der Waals surface area contributed by atoms with Gasteiger partial charge in [0.05, 0.1) is 12.5 Å². The zero-order valence-corrected chi connectivity index (χ0v) is 17.6. The molecule has 1 amide bonds. The van der Waals surface area contributed by atoms with E-state index in [1.165, 1.54) is 5.56 Å². The summed E-state index contributed by atoms with van der Waals surface area (Å²) in [5.74, 6) is 0.359. The van der Waals surface area contributed by atoms with Gasteiger partial charge in [0.1, 0.15) is 11.5 Å². The van der Waals surface area contributed by atoms with E-state index in [4.69, 9.17) is 9.47 Å². The summed E-state index contributed by atoms with van der Waals surface area (Å²) in [6.07, 6.45) is 1.19. The highest BCUT2D eigenvalue weighted by Crippen LogP contribution is 2.30. The number of nitrogens with zero attached hydrogens (tertiary/aromatic N) is 1. The van der Waals surface area contributed by atoms with Crippen LogP contribution in [-0.2, 0) is 15.0 Å². The highest BCUT2D eigenvalue weighted by molar-refractivity contribution is 5.99. The fourth-order valence-corrected chi connectivity index (χ4v) is 3.38. The van der Waals surface area contributed by atoms with Crippen molar-refractivity contribution in [1.82, 2.24) is 0 Å². The first-order chi connectivity index (χ1) is 13.8. The van der Waals surface area contributed by atoms with E-state index in [1.54, 1.807) is 4.90 Å². The Morgan fingerprint density at radius 3 is 2.24 bits per heavy atom. The maximum absolute atomic E-state index is 12.6. The minimum absolute atomic E-state index is 0.0730. The molecule has 2 aromatic carbocycles. The molecule has 1 saturated heterocycles. The quantitative estimate of drug-likeness (QED) is 0.502. The van der Waals surface area contributed by atoms with Crippen molar-refractivity contribution in [3.8, 4) is 11.5 Å². The Morgan fingerprint density at radius 1 is 1.03 bits per heavy atom. The maximum Gasteiger partial charge on any atom is 0.316 e. The second kappa shape index (κ2) is 8.68. The molecule has 1 atom stereocenters. The molecule has 0 radical (unpaired) electrons. The lowest BCUT2D eigenvalue weighted by Crippen LogP contribution is -2.27. The van der Waals surface area contributed by atoms with Crippen LogP contribution in [0, 0.1) is 5.92 Å². The molecule has 0 bridgehead atoms. The smallest absolute Gasteiger partial charge is 0.316 e. The zero-order chi connectivity index (χ0) is 21.0. The van der Waals surface area contributed by atoms with Gasteiger partial charge in [-0.3, -0.25) is 9.59 Å². The fraction of sp³-hybridized carbons (Fsp3) is 0.417. The summed E-state index contributed by atoms with van der Waals surface area (Å²) in [5, 5.41) is 0. The van der Waals surface area contributed by atoms with Gasteiger partial charge in [0.25, 0.3) is 0 Å². The molecule has 0 N–H and O–H groups in total. The van der Waals surface area contributed by atoms with E-state index >= 15 is 0 Å². The number of carbonyl (C=O) groups excluding carboxylic acids is 2. The van der Waals surface area contributed by atoms with Crippen LogP contribution in [-0.4, -0.2) is 25.0 Å². The summed E-state index contributed by atoms with van der Waals surface area (Å²) < 4.78 is 11.0. The van der Waals surface area contributed by atoms with E-state index in [-0.39, 0.29) is 23.7 Å². The van der Waals surface area contributed by atoms with Crippen LogP contribution in [0.4, 0.5) is 5.69 Å². The van der Waals surface area contributed by atoms with Gasteiger partial charge in [-0.15, -0.1) is 0 Å². The lowest BCUT2D eigenvalue weighted by molar-refractivity contribution is -0.139. The van der Waals surface area contributed by atoms with Crippen molar-refractivity contribution >= 4 is 17.6 Å². The van der Waals surface area contributed by atoms with Crippen molar-refractivity contribution in [1.29, 1.82) is 0 Å². The van der Waals surface area contributed by atoms with Crippen molar-refractivity contribution < 1.29 is 19.1 Å². The minimum Gasteiger partial charge on any atom is -0.494 e. The molecule has 0 unspecified atom stereocenters. The molecule has 0 aliphatic carbocycles. The molecular weight excluding hydrogens is 366 g/mol. The van der Waals surface area contributed by atoms with Crippen LogP contribution in [0.5, 0.6) is 11.5 Å². The van der Waals surface area contributed by atoms with Crippen molar-refractivity contribution in [2.75, 3.05) is 18.1 Å². The number of esters is 1. The standard InChI is InChI=1S/C24H29NO4/c1-5-24(3,4)18-7-11-21(12-8-18)29-23(27)17-15-22(26)25(16-17)19-9-13-20(14-10-19)28-6-2/h7-14,17H,5-6,15-16H2,1-4H3/t17-/m0/s1. The predicted octanol–water partition coefficient (Wildman–Crippen LogP) is 4.73. The highest BCUT2D eigenvalue weighted by Gasteiger charge is 2.36. The fourth-order valence-electron chi connectivity index (χ4n) is 3.38. The van der Waals surface area contributed by atoms with Crippen LogP contribution in [0.3, 0.4) is 0 Å². The molecular formula is C24H29NO4. The number of anilines is 1. The van der Waals surface area contributed by atoms with Gasteiger partial charge in [-0.05, 0) is 60.7 Å². The van der Waals surface area contributed by atoms with Gasteiger partial charge in [0, 0.05) is 18.7 Å². The van der Waals surface area contributed by atoms with E-state index < -0.39 is 5.92 Å². The second-order valence-electron chi connectivity index (χ2n) is 8.02. The number of ether oxygens (including phenoxy) is 2. The zero-order valence-electron chi connectivity index (χ0n) is 17.6. The average molecular weight is 395 g/mol. The Bertz CT molecular complexity index is 855. The molecule has 29 heavy (non-hydrogen) atoms. The Labute approximate surface area is 172 Å². The first-order valence-electron chi connectivity index (χ1n) is 10.2. The van der Waals surface area contributed by atoms with Crippen LogP contribution >= 0.6 is 0 Å². The predicted molar refractivity (Wildman–Crippen MR) is 113 cm³/mol. The van der Waals surface area contributed by atoms with Crippen LogP contribution in [0.1, 0.15) is 46.1 Å². The van der Waals surface area contributed by atoms with Crippen molar-refractivity contribution in [3.63, 3.8) is 0 Å². The lowest BCUT2D eigenvalue weighted by atomic mass is 9.82. The summed E-state index contributed by atoms with van der Waals surface area (Å²) in [5.41, 5.74) is 2.05. The molecule has 0 saturated carbocycles. The van der Waals surface area contributed by atoms with Gasteiger partial charge in [-0.1, -0.05) is 32.9 Å². The molecule has 5 heteroatoms. The third-order valence-corrected chi connectivity index (χ3v) is 5.66. The topological polar surface area (TPSA) is 55.8 Å². The van der Waals surface area contributed by atoms with Gasteiger partial charge < -0.3 is 14.4 Å². The largest absolute Gasteiger partial charge is 0.494 e. The molecule has 3 rings (SSSR count). The van der Waals surface area contributed by atoms with Crippen LogP contribution in [0.2, 0.25) is 0 Å². The molecule has 2 aromatic rings. The normalized spacial score (nSPS) is 16.8. The summed E-state index contributed by atoms with van der Waals surface area (Å²) in [6, 6.07) is 15.0. The first-order valence-corrected chi connectivity index (χ1v) is 10.2. The monoisotopic (exact) mass is 395 g/mol. The van der Waals surface area contributed by atoms with Crippen molar-refractivity contribution in [2.24, 2.45) is 5.92 Å². The van der Waals surface area contributed by atoms with Gasteiger partial charge >= 0.3 is 5.97 Å². The van der Waals surface area contributed by atoms with Crippen molar-refractivity contribution in [2.45, 2.75) is 46.0 Å². The molecule has 1 aliphatic rings. The third-order valence-electron chi connectivity index (χ3n) is 5.66. The summed E-state index contributed by atoms with van der Waals surface area (Å²) in [4.78, 5) is 26.7. The molecule has 0 spiro atoms. The van der Waals surface area contributed by atoms with Crippen molar-refractivity contribution in [3.05, 3.63) is 54.1 Å². The Morgan fingerprint density at radius 2 is 1.66 bits per heavy atom. The minimum atomic E-state index is -0.471. The summed E-state index contributed by atoms with van der Waals surface area (Å²) >= 11 is 0. The average Bonchev–Trinajstić information content (AvgIpc) is 3.11. The number of amides is 1. The van der Waals surface area contributed by atoms with E-state index in [0.29, 0.717) is 18.9 Å². The highest BCUT2D eigenvalue weighted by atomic mass is 16.5. The Balaban J connectivity index is 1.63. The van der Waals surface area contributed by atoms with Gasteiger partial charge in [-0.2, -0.15) is 0 Å². The molecule has 1 fully saturated rings. The van der Waals surface area contributed by atoms with E-state index in [1.807, 2.05) is 55.5 Å². The molecule has 0 aromatic heterocycles.